The Morgan fingerprint density at radius 1 is 1.23 bits per heavy atom. The van der Waals surface area contributed by atoms with Gasteiger partial charge in [0.2, 0.25) is 11.8 Å². The summed E-state index contributed by atoms with van der Waals surface area (Å²) in [5.74, 6) is -2.33. The van der Waals surface area contributed by atoms with Crippen molar-refractivity contribution in [3.8, 4) is 11.1 Å². The van der Waals surface area contributed by atoms with Gasteiger partial charge >= 0.3 is 5.97 Å². The number of pyridine rings is 1. The normalized spacial score (nSPS) is 30.1. The summed E-state index contributed by atoms with van der Waals surface area (Å²) in [7, 11) is 0. The van der Waals surface area contributed by atoms with Crippen molar-refractivity contribution in [2.45, 2.75) is 33.3 Å². The zero-order valence-corrected chi connectivity index (χ0v) is 20.0. The molecule has 6 atom stereocenters. The summed E-state index contributed by atoms with van der Waals surface area (Å²) in [4.78, 5) is 42.0. The first-order valence-corrected chi connectivity index (χ1v) is 11.8. The molecule has 5 unspecified atom stereocenters. The molecule has 0 spiro atoms. The van der Waals surface area contributed by atoms with Crippen LogP contribution in [0.3, 0.4) is 0 Å². The lowest BCUT2D eigenvalue weighted by molar-refractivity contribution is -0.157. The van der Waals surface area contributed by atoms with Crippen LogP contribution in [-0.4, -0.2) is 35.4 Å². The number of halogens is 1. The summed E-state index contributed by atoms with van der Waals surface area (Å²) in [6.07, 6.45) is 5.46. The van der Waals surface area contributed by atoms with Crippen LogP contribution < -0.4 is 11.1 Å². The summed E-state index contributed by atoms with van der Waals surface area (Å²) >= 11 is 0. The number of hydrogen-bond acceptors (Lipinski definition) is 5. The molecule has 1 aliphatic heterocycles. The van der Waals surface area contributed by atoms with E-state index in [1.165, 1.54) is 12.1 Å². The average Bonchev–Trinajstić information content (AvgIpc) is 3.08. The molecule has 1 aliphatic carbocycles. The zero-order chi connectivity index (χ0) is 25.3. The monoisotopic (exact) mass is 479 g/mol. The minimum absolute atomic E-state index is 0.0568. The van der Waals surface area contributed by atoms with Crippen LogP contribution in [0.2, 0.25) is 0 Å². The lowest BCUT2D eigenvalue weighted by Gasteiger charge is -2.46. The van der Waals surface area contributed by atoms with E-state index < -0.39 is 35.2 Å². The maximum atomic E-state index is 13.6. The summed E-state index contributed by atoms with van der Waals surface area (Å²) < 4.78 is 19.1. The van der Waals surface area contributed by atoms with E-state index in [0.717, 1.165) is 11.1 Å². The maximum Gasteiger partial charge on any atom is 0.322 e. The Hall–Kier alpha value is -3.55. The van der Waals surface area contributed by atoms with Crippen molar-refractivity contribution < 1.29 is 23.5 Å². The number of primary amides is 1. The number of aromatic nitrogens is 1. The molecule has 0 bridgehead atoms. The minimum atomic E-state index is -1.37. The standard InChI is InChI=1S/C27H30FN3O4/c1-15-12-27(25(33)31-14-23(29)32)24(17(3)35-26(27)34)22(16(15)2)10-9-21-8-7-19(13-30-21)18-5-4-6-20(28)11-18/h4-11,13,15-17,22,24H,12,14H2,1-3H3,(H2,29,32)(H,31,33)/b10-9+/t15?,16?,17?,22?,24?,27-/m1/s1. The first-order chi connectivity index (χ1) is 16.6. The van der Waals surface area contributed by atoms with Crippen molar-refractivity contribution in [1.29, 1.82) is 0 Å². The van der Waals surface area contributed by atoms with E-state index in [1.54, 1.807) is 19.2 Å². The summed E-state index contributed by atoms with van der Waals surface area (Å²) in [5, 5.41) is 2.54. The van der Waals surface area contributed by atoms with E-state index in [1.807, 2.05) is 37.3 Å². The SMILES string of the molecule is CC1C[C@@]2(C(=O)NCC(N)=O)C(=O)OC(C)C2C(/C=C/c2ccc(-c3cccc(F)c3)cn2)C1C. The van der Waals surface area contributed by atoms with Crippen molar-refractivity contribution >= 4 is 23.9 Å². The van der Waals surface area contributed by atoms with Crippen LogP contribution in [0.1, 0.15) is 32.9 Å². The van der Waals surface area contributed by atoms with Crippen LogP contribution in [0, 0.1) is 34.9 Å². The maximum absolute atomic E-state index is 13.6. The number of nitrogens with zero attached hydrogens (tertiary/aromatic N) is 1. The fourth-order valence-electron chi connectivity index (χ4n) is 5.65. The molecule has 2 aromatic rings. The van der Waals surface area contributed by atoms with Gasteiger partial charge in [0.25, 0.3) is 0 Å². The Bertz CT molecular complexity index is 1170. The van der Waals surface area contributed by atoms with Crippen LogP contribution in [0.15, 0.2) is 48.7 Å². The number of allylic oxidation sites excluding steroid dienone is 1. The first kappa shape index (κ1) is 24.6. The highest BCUT2D eigenvalue weighted by molar-refractivity contribution is 6.05. The highest BCUT2D eigenvalue weighted by Gasteiger charge is 2.66. The molecule has 7 nitrogen and oxygen atoms in total. The van der Waals surface area contributed by atoms with Gasteiger partial charge in [0.05, 0.1) is 12.2 Å². The quantitative estimate of drug-likeness (QED) is 0.488. The number of cyclic esters (lactones) is 1. The molecular weight excluding hydrogens is 449 g/mol. The number of nitrogens with two attached hydrogens (primary N) is 1. The smallest absolute Gasteiger partial charge is 0.322 e. The first-order valence-electron chi connectivity index (χ1n) is 11.8. The lowest BCUT2D eigenvalue weighted by atomic mass is 9.54. The van der Waals surface area contributed by atoms with Crippen LogP contribution in [-0.2, 0) is 19.1 Å². The highest BCUT2D eigenvalue weighted by atomic mass is 19.1. The second kappa shape index (κ2) is 9.60. The molecule has 2 heterocycles. The molecule has 1 saturated heterocycles. The zero-order valence-electron chi connectivity index (χ0n) is 20.0. The molecule has 2 fully saturated rings. The van der Waals surface area contributed by atoms with Crippen molar-refractivity contribution in [2.75, 3.05) is 6.54 Å². The number of amides is 2. The Morgan fingerprint density at radius 2 is 2.00 bits per heavy atom. The van der Waals surface area contributed by atoms with E-state index in [9.17, 15) is 18.8 Å². The summed E-state index contributed by atoms with van der Waals surface area (Å²) in [6, 6.07) is 10.1. The molecule has 8 heteroatoms. The van der Waals surface area contributed by atoms with Gasteiger partial charge in [-0.25, -0.2) is 4.39 Å². The van der Waals surface area contributed by atoms with E-state index >= 15 is 0 Å². The molecular formula is C27H30FN3O4. The van der Waals surface area contributed by atoms with E-state index in [-0.39, 0.29) is 30.1 Å². The second-order valence-corrected chi connectivity index (χ2v) is 9.72. The number of fused-ring (bicyclic) bond motifs is 1. The van der Waals surface area contributed by atoms with E-state index in [2.05, 4.69) is 17.2 Å². The van der Waals surface area contributed by atoms with E-state index in [4.69, 9.17) is 10.5 Å². The van der Waals surface area contributed by atoms with Gasteiger partial charge in [-0.15, -0.1) is 0 Å². The van der Waals surface area contributed by atoms with Gasteiger partial charge in [-0.05, 0) is 60.9 Å². The number of hydrogen-bond donors (Lipinski definition) is 2. The molecule has 2 aliphatic rings. The molecule has 35 heavy (non-hydrogen) atoms. The van der Waals surface area contributed by atoms with Gasteiger partial charge in [0, 0.05) is 17.7 Å². The van der Waals surface area contributed by atoms with Crippen LogP contribution in [0.4, 0.5) is 4.39 Å². The topological polar surface area (TPSA) is 111 Å². The number of esters is 1. The number of ether oxygens (including phenoxy) is 1. The molecule has 0 radical (unpaired) electrons. The summed E-state index contributed by atoms with van der Waals surface area (Å²) in [6.45, 7) is 5.61. The fraction of sp³-hybridized carbons (Fsp3) is 0.407. The Kier molecular flexibility index (Phi) is 6.74. The molecule has 184 valence electrons. The van der Waals surface area contributed by atoms with Crippen LogP contribution in [0.5, 0.6) is 0 Å². The largest absolute Gasteiger partial charge is 0.461 e. The second-order valence-electron chi connectivity index (χ2n) is 9.72. The third-order valence-corrected chi connectivity index (χ3v) is 7.56. The number of nitrogens with one attached hydrogen (secondary N) is 1. The van der Waals surface area contributed by atoms with Gasteiger partial charge < -0.3 is 15.8 Å². The fourth-order valence-corrected chi connectivity index (χ4v) is 5.65. The molecule has 2 amide bonds. The number of carbonyl (C=O) groups is 3. The minimum Gasteiger partial charge on any atom is -0.461 e. The van der Waals surface area contributed by atoms with Gasteiger partial charge in [0.15, 0.2) is 5.41 Å². The van der Waals surface area contributed by atoms with Gasteiger partial charge in [-0.1, -0.05) is 38.1 Å². The van der Waals surface area contributed by atoms with Gasteiger partial charge in [-0.3, -0.25) is 19.4 Å². The molecule has 3 N–H and O–H groups in total. The Morgan fingerprint density at radius 3 is 2.66 bits per heavy atom. The van der Waals surface area contributed by atoms with Crippen molar-refractivity contribution in [1.82, 2.24) is 10.3 Å². The summed E-state index contributed by atoms with van der Waals surface area (Å²) in [5.41, 5.74) is 6.08. The molecule has 1 aromatic heterocycles. The van der Waals surface area contributed by atoms with Crippen molar-refractivity contribution in [3.63, 3.8) is 0 Å². The predicted molar refractivity (Wildman–Crippen MR) is 129 cm³/mol. The third kappa shape index (κ3) is 4.57. The molecule has 4 rings (SSSR count). The van der Waals surface area contributed by atoms with Gasteiger partial charge in [0.1, 0.15) is 11.9 Å². The molecule has 1 aromatic carbocycles. The third-order valence-electron chi connectivity index (χ3n) is 7.56. The Balaban J connectivity index is 1.62. The number of rotatable bonds is 6. The van der Waals surface area contributed by atoms with Gasteiger partial charge in [-0.2, -0.15) is 0 Å². The predicted octanol–water partition coefficient (Wildman–Crippen LogP) is 3.34. The van der Waals surface area contributed by atoms with Crippen molar-refractivity contribution in [2.24, 2.45) is 34.8 Å². The number of benzene rings is 1. The average molecular weight is 480 g/mol. The van der Waals surface area contributed by atoms with Crippen LogP contribution in [0.25, 0.3) is 17.2 Å². The van der Waals surface area contributed by atoms with Crippen LogP contribution >= 0.6 is 0 Å². The number of carbonyl (C=O) groups excluding carboxylic acids is 3. The molecule has 1 saturated carbocycles. The highest BCUT2D eigenvalue weighted by Crippen LogP contribution is 2.56. The van der Waals surface area contributed by atoms with E-state index in [0.29, 0.717) is 12.1 Å². The Labute approximate surface area is 203 Å². The lowest BCUT2D eigenvalue weighted by Crippen LogP contribution is -2.56. The van der Waals surface area contributed by atoms with Crippen molar-refractivity contribution in [3.05, 3.63) is 60.2 Å².